The van der Waals surface area contributed by atoms with Crippen molar-refractivity contribution < 1.29 is 19.1 Å². The Balaban J connectivity index is 1.26. The summed E-state index contributed by atoms with van der Waals surface area (Å²) in [7, 11) is 0. The van der Waals surface area contributed by atoms with Crippen LogP contribution in [0.15, 0.2) is 72.8 Å². The largest absolute Gasteiger partial charge is 0.494 e. The number of hydrogen-bond donors (Lipinski definition) is 3. The van der Waals surface area contributed by atoms with Crippen molar-refractivity contribution in [1.82, 2.24) is 5.32 Å². The van der Waals surface area contributed by atoms with Crippen molar-refractivity contribution in [3.05, 3.63) is 83.9 Å². The Morgan fingerprint density at radius 3 is 2.37 bits per heavy atom. The number of rotatable bonds is 10. The van der Waals surface area contributed by atoms with Gasteiger partial charge in [-0.2, -0.15) is 0 Å². The summed E-state index contributed by atoms with van der Waals surface area (Å²) in [6.07, 6.45) is 5.24. The average molecular weight is 557 g/mol. The Kier molecular flexibility index (Phi) is 9.75. The van der Waals surface area contributed by atoms with Crippen LogP contribution in [0.4, 0.5) is 21.9 Å². The molecule has 8 nitrogen and oxygen atoms in total. The number of amides is 3. The maximum atomic E-state index is 13.5. The quantitative estimate of drug-likeness (QED) is 0.281. The predicted octanol–water partition coefficient (Wildman–Crippen LogP) is 6.10. The molecule has 41 heavy (non-hydrogen) atoms. The summed E-state index contributed by atoms with van der Waals surface area (Å²) in [4.78, 5) is 28.5. The predicted molar refractivity (Wildman–Crippen MR) is 163 cm³/mol. The lowest BCUT2D eigenvalue weighted by molar-refractivity contribution is 0.0858. The molecular formula is C33H40N4O4. The molecular weight excluding hydrogens is 516 g/mol. The van der Waals surface area contributed by atoms with E-state index in [1.165, 1.54) is 5.56 Å². The molecule has 8 heteroatoms. The van der Waals surface area contributed by atoms with Crippen molar-refractivity contribution >= 4 is 29.0 Å². The van der Waals surface area contributed by atoms with Gasteiger partial charge in [0, 0.05) is 43.3 Å². The number of urea groups is 1. The van der Waals surface area contributed by atoms with Crippen LogP contribution in [-0.2, 0) is 11.2 Å². The van der Waals surface area contributed by atoms with Crippen LogP contribution in [0.25, 0.3) is 0 Å². The zero-order valence-electron chi connectivity index (χ0n) is 23.7. The Labute approximate surface area is 242 Å². The lowest BCUT2D eigenvalue weighted by atomic mass is 9.89. The highest BCUT2D eigenvalue weighted by Gasteiger charge is 2.25. The summed E-state index contributed by atoms with van der Waals surface area (Å²) >= 11 is 0. The summed E-state index contributed by atoms with van der Waals surface area (Å²) in [6.45, 7) is 5.50. The lowest BCUT2D eigenvalue weighted by Crippen LogP contribution is -2.37. The van der Waals surface area contributed by atoms with Gasteiger partial charge in [-0.25, -0.2) is 4.79 Å². The van der Waals surface area contributed by atoms with Crippen LogP contribution in [0.1, 0.15) is 48.5 Å². The molecule has 0 saturated carbocycles. The molecule has 0 radical (unpaired) electrons. The van der Waals surface area contributed by atoms with E-state index in [4.69, 9.17) is 9.47 Å². The van der Waals surface area contributed by atoms with Crippen molar-refractivity contribution in [2.45, 2.75) is 45.1 Å². The second-order valence-electron chi connectivity index (χ2n) is 10.7. The molecule has 0 unspecified atom stereocenters. The summed E-state index contributed by atoms with van der Waals surface area (Å²) < 4.78 is 11.2. The number of benzene rings is 3. The number of nitrogens with zero attached hydrogens (tertiary/aromatic N) is 1. The first-order valence-corrected chi connectivity index (χ1v) is 14.7. The molecule has 0 aliphatic carbocycles. The van der Waals surface area contributed by atoms with Gasteiger partial charge in [0.25, 0.3) is 5.91 Å². The summed E-state index contributed by atoms with van der Waals surface area (Å²) in [5.74, 6) is 1.21. The third kappa shape index (κ3) is 8.01. The minimum absolute atomic E-state index is 0.0531. The lowest BCUT2D eigenvalue weighted by Gasteiger charge is -2.35. The van der Waals surface area contributed by atoms with E-state index in [0.29, 0.717) is 36.0 Å². The molecule has 3 N–H and O–H groups in total. The van der Waals surface area contributed by atoms with E-state index in [2.05, 4.69) is 51.2 Å². The fourth-order valence-electron chi connectivity index (χ4n) is 5.60. The van der Waals surface area contributed by atoms with Gasteiger partial charge >= 0.3 is 6.03 Å². The van der Waals surface area contributed by atoms with Crippen molar-refractivity contribution in [3.63, 3.8) is 0 Å². The van der Waals surface area contributed by atoms with E-state index in [9.17, 15) is 9.59 Å². The first-order valence-electron chi connectivity index (χ1n) is 14.7. The number of anilines is 3. The number of carbonyl (C=O) groups excluding carboxylic acids is 2. The van der Waals surface area contributed by atoms with Crippen LogP contribution in [0.2, 0.25) is 0 Å². The average Bonchev–Trinajstić information content (AvgIpc) is 3.52. The van der Waals surface area contributed by atoms with Gasteiger partial charge < -0.3 is 30.3 Å². The zero-order chi connectivity index (χ0) is 28.4. The molecule has 1 atom stereocenters. The standard InChI is InChI=1S/C33H40N4O4/c1-2-40-28-13-10-26(11-14-28)35-33(39)36-27-12-15-31(30(22-27)32(38)34-23-29-9-6-20-41-29)37-18-16-25(17-19-37)21-24-7-4-3-5-8-24/h3-5,7-8,10-15,22,25,29H,2,6,9,16-21,23H2,1H3,(H,34,38)(H2,35,36,39)/t29-/m0/s1. The molecule has 0 aromatic heterocycles. The maximum absolute atomic E-state index is 13.5. The minimum atomic E-state index is -0.380. The van der Waals surface area contributed by atoms with Gasteiger partial charge in [-0.05, 0) is 93.0 Å². The number of carbonyl (C=O) groups is 2. The summed E-state index contributed by atoms with van der Waals surface area (Å²) in [5, 5.41) is 8.79. The van der Waals surface area contributed by atoms with Gasteiger partial charge in [0.05, 0.1) is 18.3 Å². The number of nitrogens with one attached hydrogen (secondary N) is 3. The normalized spacial score (nSPS) is 17.2. The first-order chi connectivity index (χ1) is 20.1. The van der Waals surface area contributed by atoms with Crippen molar-refractivity contribution in [2.24, 2.45) is 5.92 Å². The van der Waals surface area contributed by atoms with Gasteiger partial charge in [0.15, 0.2) is 0 Å². The van der Waals surface area contributed by atoms with Crippen LogP contribution in [-0.4, -0.2) is 50.9 Å². The summed E-state index contributed by atoms with van der Waals surface area (Å²) in [6, 6.07) is 23.0. The Morgan fingerprint density at radius 2 is 1.66 bits per heavy atom. The monoisotopic (exact) mass is 556 g/mol. The van der Waals surface area contributed by atoms with E-state index < -0.39 is 0 Å². The maximum Gasteiger partial charge on any atom is 0.323 e. The Morgan fingerprint density at radius 1 is 0.927 bits per heavy atom. The van der Waals surface area contributed by atoms with E-state index in [1.54, 1.807) is 18.2 Å². The van der Waals surface area contributed by atoms with Gasteiger partial charge in [-0.1, -0.05) is 30.3 Å². The topological polar surface area (TPSA) is 91.9 Å². The van der Waals surface area contributed by atoms with Crippen molar-refractivity contribution in [3.8, 4) is 5.75 Å². The SMILES string of the molecule is CCOc1ccc(NC(=O)Nc2ccc(N3CCC(Cc4ccccc4)CC3)c(C(=O)NC[C@@H]3CCCO3)c2)cc1. The Hall–Kier alpha value is -4.04. The molecule has 3 amide bonds. The fourth-order valence-corrected chi connectivity index (χ4v) is 5.60. The molecule has 2 saturated heterocycles. The van der Waals surface area contributed by atoms with E-state index in [1.807, 2.05) is 31.2 Å². The number of hydrogen-bond acceptors (Lipinski definition) is 5. The molecule has 2 aliphatic rings. The molecule has 3 aromatic rings. The molecule has 0 bridgehead atoms. The molecule has 2 aliphatic heterocycles. The molecule has 2 heterocycles. The van der Waals surface area contributed by atoms with Gasteiger partial charge in [0.1, 0.15) is 5.75 Å². The van der Waals surface area contributed by atoms with Crippen molar-refractivity contribution in [2.75, 3.05) is 48.4 Å². The number of ether oxygens (including phenoxy) is 2. The second-order valence-corrected chi connectivity index (χ2v) is 10.7. The van der Waals surface area contributed by atoms with Crippen LogP contribution in [0.3, 0.4) is 0 Å². The Bertz CT molecular complexity index is 1280. The van der Waals surface area contributed by atoms with Gasteiger partial charge in [0.2, 0.25) is 0 Å². The van der Waals surface area contributed by atoms with Crippen LogP contribution in [0, 0.1) is 5.92 Å². The van der Waals surface area contributed by atoms with Crippen LogP contribution < -0.4 is 25.6 Å². The van der Waals surface area contributed by atoms with Crippen LogP contribution in [0.5, 0.6) is 5.75 Å². The van der Waals surface area contributed by atoms with Gasteiger partial charge in [-0.3, -0.25) is 4.79 Å². The number of piperidine rings is 1. The highest BCUT2D eigenvalue weighted by molar-refractivity contribution is 6.04. The zero-order valence-corrected chi connectivity index (χ0v) is 23.7. The van der Waals surface area contributed by atoms with Crippen LogP contribution >= 0.6 is 0 Å². The smallest absolute Gasteiger partial charge is 0.323 e. The molecule has 5 rings (SSSR count). The first kappa shape index (κ1) is 28.5. The highest BCUT2D eigenvalue weighted by atomic mass is 16.5. The third-order valence-electron chi connectivity index (χ3n) is 7.76. The summed E-state index contributed by atoms with van der Waals surface area (Å²) in [5.41, 5.74) is 4.03. The molecule has 3 aromatic carbocycles. The fraction of sp³-hybridized carbons (Fsp3) is 0.394. The van der Waals surface area contributed by atoms with Crippen molar-refractivity contribution in [1.29, 1.82) is 0 Å². The molecule has 2 fully saturated rings. The third-order valence-corrected chi connectivity index (χ3v) is 7.76. The highest BCUT2D eigenvalue weighted by Crippen LogP contribution is 2.30. The van der Waals surface area contributed by atoms with E-state index >= 15 is 0 Å². The minimum Gasteiger partial charge on any atom is -0.494 e. The van der Waals surface area contributed by atoms with E-state index in [-0.39, 0.29) is 18.0 Å². The van der Waals surface area contributed by atoms with E-state index in [0.717, 1.165) is 63.2 Å². The van der Waals surface area contributed by atoms with Gasteiger partial charge in [-0.15, -0.1) is 0 Å². The molecule has 216 valence electrons. The second kappa shape index (κ2) is 14.0. The molecule has 0 spiro atoms.